The molecule has 10 heteroatoms. The van der Waals surface area contributed by atoms with E-state index in [0.717, 1.165) is 25.7 Å². The Morgan fingerprint density at radius 3 is 2.56 bits per heavy atom. The minimum atomic E-state index is -3.71. The van der Waals surface area contributed by atoms with Gasteiger partial charge in [-0.3, -0.25) is 0 Å². The number of hydrogen-bond acceptors (Lipinski definition) is 7. The summed E-state index contributed by atoms with van der Waals surface area (Å²) in [6.07, 6.45) is 3.10. The van der Waals surface area contributed by atoms with Crippen molar-refractivity contribution >= 4 is 37.4 Å². The molecule has 0 saturated carbocycles. The predicted molar refractivity (Wildman–Crippen MR) is 123 cm³/mol. The SMILES string of the molecule is CN1C(N)=NC(C)(c2sc3c(-c4ccc(-c5ncco5)cc4)cccc3c2F)CS1(=O)=O. The number of nitrogens with two attached hydrogens (primary N) is 1. The summed E-state index contributed by atoms with van der Waals surface area (Å²) < 4.78 is 47.7. The molecule has 2 aromatic heterocycles. The third-order valence-electron chi connectivity index (χ3n) is 5.58. The first-order chi connectivity index (χ1) is 15.2. The Morgan fingerprint density at radius 1 is 1.19 bits per heavy atom. The first kappa shape index (κ1) is 20.7. The maximum Gasteiger partial charge on any atom is 0.239 e. The molecule has 4 aromatic rings. The van der Waals surface area contributed by atoms with E-state index < -0.39 is 21.4 Å². The summed E-state index contributed by atoms with van der Waals surface area (Å²) in [5.41, 5.74) is 7.11. The molecule has 164 valence electrons. The third kappa shape index (κ3) is 3.18. The molecule has 0 saturated heterocycles. The van der Waals surface area contributed by atoms with E-state index in [-0.39, 0.29) is 16.6 Å². The first-order valence-corrected chi connectivity index (χ1v) is 12.2. The molecule has 0 fully saturated rings. The van der Waals surface area contributed by atoms with Crippen molar-refractivity contribution in [2.75, 3.05) is 12.8 Å². The lowest BCUT2D eigenvalue weighted by Gasteiger charge is -2.33. The van der Waals surface area contributed by atoms with Gasteiger partial charge in [0.05, 0.1) is 16.8 Å². The topological polar surface area (TPSA) is 102 Å². The molecule has 3 heterocycles. The van der Waals surface area contributed by atoms with Crippen molar-refractivity contribution in [1.82, 2.24) is 9.29 Å². The van der Waals surface area contributed by atoms with Gasteiger partial charge in [0.2, 0.25) is 21.9 Å². The van der Waals surface area contributed by atoms with E-state index in [9.17, 15) is 8.42 Å². The van der Waals surface area contributed by atoms with Gasteiger partial charge in [0.15, 0.2) is 0 Å². The van der Waals surface area contributed by atoms with Crippen LogP contribution in [-0.4, -0.2) is 36.5 Å². The number of halogens is 1. The van der Waals surface area contributed by atoms with Gasteiger partial charge in [-0.2, -0.15) is 0 Å². The smallest absolute Gasteiger partial charge is 0.239 e. The molecule has 32 heavy (non-hydrogen) atoms. The molecule has 2 N–H and O–H groups in total. The monoisotopic (exact) mass is 470 g/mol. The maximum absolute atomic E-state index is 15.6. The quantitative estimate of drug-likeness (QED) is 0.484. The number of thiophene rings is 1. The van der Waals surface area contributed by atoms with Gasteiger partial charge in [0.1, 0.15) is 17.6 Å². The Kier molecular flexibility index (Phi) is 4.61. The molecule has 0 amide bonds. The van der Waals surface area contributed by atoms with Crippen LogP contribution in [0.15, 0.2) is 64.3 Å². The molecule has 0 aliphatic carbocycles. The molecule has 7 nitrogen and oxygen atoms in total. The molecule has 1 atom stereocenters. The predicted octanol–water partition coefficient (Wildman–Crippen LogP) is 4.17. The average Bonchev–Trinajstić information content (AvgIpc) is 3.41. The number of aromatic nitrogens is 1. The summed E-state index contributed by atoms with van der Waals surface area (Å²) in [5, 5.41) is 0.422. The molecule has 1 aliphatic heterocycles. The molecule has 1 aliphatic rings. The number of rotatable bonds is 3. The lowest BCUT2D eigenvalue weighted by atomic mass is 10.00. The van der Waals surface area contributed by atoms with Crippen LogP contribution in [0, 0.1) is 5.82 Å². The molecule has 5 rings (SSSR count). The van der Waals surface area contributed by atoms with Crippen LogP contribution in [0.5, 0.6) is 0 Å². The standard InChI is InChI=1S/C22H19FN4O3S2/c1-22(12-32(28,29)27(2)21(24)26-22)19-17(23)16-5-3-4-15(18(16)31-19)13-6-8-14(9-7-13)20-25-10-11-30-20/h3-11H,12H2,1-2H3,(H2,24,26). The van der Waals surface area contributed by atoms with Crippen molar-refractivity contribution in [3.05, 3.63) is 65.6 Å². The lowest BCUT2D eigenvalue weighted by Crippen LogP contribution is -2.50. The largest absolute Gasteiger partial charge is 0.445 e. The zero-order chi connectivity index (χ0) is 22.7. The van der Waals surface area contributed by atoms with Crippen molar-refractivity contribution in [2.24, 2.45) is 10.7 Å². The fraction of sp³-hybridized carbons (Fsp3) is 0.182. The molecule has 0 radical (unpaired) electrons. The number of oxazole rings is 1. The van der Waals surface area contributed by atoms with Crippen molar-refractivity contribution in [3.8, 4) is 22.6 Å². The van der Waals surface area contributed by atoms with E-state index in [0.29, 0.717) is 11.3 Å². The van der Waals surface area contributed by atoms with Crippen LogP contribution in [0.25, 0.3) is 32.7 Å². The Labute approximate surface area is 188 Å². The number of aliphatic imine (C=N–C) groups is 1. The van der Waals surface area contributed by atoms with Crippen molar-refractivity contribution in [2.45, 2.75) is 12.5 Å². The Bertz CT molecular complexity index is 1460. The van der Waals surface area contributed by atoms with E-state index in [1.807, 2.05) is 30.3 Å². The van der Waals surface area contributed by atoms with Crippen LogP contribution in [0.2, 0.25) is 0 Å². The van der Waals surface area contributed by atoms with Crippen LogP contribution in [0.4, 0.5) is 4.39 Å². The fourth-order valence-electron chi connectivity index (χ4n) is 3.89. The van der Waals surface area contributed by atoms with Crippen molar-refractivity contribution < 1.29 is 17.2 Å². The summed E-state index contributed by atoms with van der Waals surface area (Å²) in [4.78, 5) is 8.75. The number of nitrogens with zero attached hydrogens (tertiary/aromatic N) is 3. The van der Waals surface area contributed by atoms with Gasteiger partial charge in [0, 0.05) is 22.7 Å². The van der Waals surface area contributed by atoms with Crippen LogP contribution >= 0.6 is 11.3 Å². The normalized spacial score (nSPS) is 20.5. The zero-order valence-corrected chi connectivity index (χ0v) is 18.9. The van der Waals surface area contributed by atoms with Gasteiger partial charge < -0.3 is 10.2 Å². The second kappa shape index (κ2) is 7.14. The van der Waals surface area contributed by atoms with E-state index in [1.165, 1.54) is 24.6 Å². The third-order valence-corrected chi connectivity index (χ3v) is 9.00. The van der Waals surface area contributed by atoms with Gasteiger partial charge >= 0.3 is 0 Å². The minimum absolute atomic E-state index is 0.155. The highest BCUT2D eigenvalue weighted by Gasteiger charge is 2.43. The minimum Gasteiger partial charge on any atom is -0.445 e. The molecule has 0 spiro atoms. The van der Waals surface area contributed by atoms with Crippen LogP contribution in [0.3, 0.4) is 0 Å². The second-order valence-electron chi connectivity index (χ2n) is 7.81. The first-order valence-electron chi connectivity index (χ1n) is 9.73. The molecular weight excluding hydrogens is 451 g/mol. The van der Waals surface area contributed by atoms with Gasteiger partial charge in [-0.1, -0.05) is 30.3 Å². The van der Waals surface area contributed by atoms with E-state index in [1.54, 1.807) is 25.3 Å². The fourth-order valence-corrected chi connectivity index (χ4v) is 6.72. The van der Waals surface area contributed by atoms with Crippen LogP contribution in [0.1, 0.15) is 11.8 Å². The molecule has 1 unspecified atom stereocenters. The highest BCUT2D eigenvalue weighted by molar-refractivity contribution is 7.89. The Balaban J connectivity index is 1.64. The lowest BCUT2D eigenvalue weighted by molar-refractivity contribution is 0.467. The summed E-state index contributed by atoms with van der Waals surface area (Å²) in [7, 11) is -2.36. The summed E-state index contributed by atoms with van der Waals surface area (Å²) in [6, 6.07) is 13.0. The van der Waals surface area contributed by atoms with E-state index in [2.05, 4.69) is 9.98 Å². The summed E-state index contributed by atoms with van der Waals surface area (Å²) in [6.45, 7) is 1.60. The van der Waals surface area contributed by atoms with Crippen LogP contribution in [-0.2, 0) is 15.6 Å². The number of guanidine groups is 1. The van der Waals surface area contributed by atoms with Gasteiger partial charge in [-0.25, -0.2) is 27.1 Å². The number of fused-ring (bicyclic) bond motifs is 1. The van der Waals surface area contributed by atoms with Crippen LogP contribution < -0.4 is 5.73 Å². The highest BCUT2D eigenvalue weighted by Crippen LogP contribution is 2.44. The Morgan fingerprint density at radius 2 is 1.91 bits per heavy atom. The van der Waals surface area contributed by atoms with Gasteiger partial charge in [-0.05, 0) is 30.2 Å². The Hall–Kier alpha value is -3.24. The number of benzene rings is 2. The van der Waals surface area contributed by atoms with Gasteiger partial charge in [0.25, 0.3) is 0 Å². The zero-order valence-electron chi connectivity index (χ0n) is 17.2. The van der Waals surface area contributed by atoms with Crippen molar-refractivity contribution in [1.29, 1.82) is 0 Å². The summed E-state index contributed by atoms with van der Waals surface area (Å²) >= 11 is 1.21. The molecular formula is C22H19FN4O3S2. The van der Waals surface area contributed by atoms with Gasteiger partial charge in [-0.15, -0.1) is 11.3 Å². The maximum atomic E-state index is 15.6. The highest BCUT2D eigenvalue weighted by atomic mass is 32.2. The second-order valence-corrected chi connectivity index (χ2v) is 10.8. The number of sulfonamides is 1. The average molecular weight is 471 g/mol. The number of hydrogen-bond donors (Lipinski definition) is 1. The van der Waals surface area contributed by atoms with Crippen molar-refractivity contribution in [3.63, 3.8) is 0 Å². The molecule has 0 bridgehead atoms. The van der Waals surface area contributed by atoms with E-state index in [4.69, 9.17) is 10.2 Å². The molecule has 2 aromatic carbocycles. The van der Waals surface area contributed by atoms with E-state index >= 15 is 4.39 Å². The summed E-state index contributed by atoms with van der Waals surface area (Å²) in [5.74, 6) is -0.465.